The minimum absolute atomic E-state index is 0.0892. The molecular formula is C21H39N3O5. The van der Waals surface area contributed by atoms with Crippen LogP contribution in [0.2, 0.25) is 0 Å². The Labute approximate surface area is 175 Å². The number of ketones is 1. The zero-order valence-electron chi connectivity index (χ0n) is 19.0. The number of carbonyl (C=O) groups excluding carboxylic acids is 1. The monoisotopic (exact) mass is 413 g/mol. The molecule has 1 aromatic heterocycles. The maximum Gasteiger partial charge on any atom is 0.163 e. The molecule has 1 aromatic rings. The molecule has 1 heterocycles. The van der Waals surface area contributed by atoms with Gasteiger partial charge in [0.15, 0.2) is 5.78 Å². The van der Waals surface area contributed by atoms with Crippen LogP contribution < -0.4 is 0 Å². The molecule has 0 unspecified atom stereocenters. The molecule has 0 aliphatic carbocycles. The maximum absolute atomic E-state index is 11.7. The molecule has 0 spiro atoms. The second kappa shape index (κ2) is 13.1. The van der Waals surface area contributed by atoms with Gasteiger partial charge in [0.2, 0.25) is 0 Å². The number of nitrogens with zero attached hydrogens (tertiary/aromatic N) is 3. The Morgan fingerprint density at radius 1 is 0.897 bits per heavy atom. The van der Waals surface area contributed by atoms with Crippen molar-refractivity contribution in [1.29, 1.82) is 0 Å². The lowest BCUT2D eigenvalue weighted by atomic mass is 9.91. The van der Waals surface area contributed by atoms with Crippen LogP contribution in [0.3, 0.4) is 0 Å². The first-order valence-electron chi connectivity index (χ1n) is 10.3. The second-order valence-electron chi connectivity index (χ2n) is 9.29. The summed E-state index contributed by atoms with van der Waals surface area (Å²) in [7, 11) is 0. The summed E-state index contributed by atoms with van der Waals surface area (Å²) in [4.78, 5) is 11.7. The fourth-order valence-electron chi connectivity index (χ4n) is 2.05. The molecule has 0 aliphatic heterocycles. The molecule has 29 heavy (non-hydrogen) atoms. The van der Waals surface area contributed by atoms with E-state index in [1.54, 1.807) is 4.68 Å². The van der Waals surface area contributed by atoms with Crippen LogP contribution in [0.15, 0.2) is 6.20 Å². The first kappa shape index (κ1) is 25.7. The zero-order chi connectivity index (χ0) is 21.8. The van der Waals surface area contributed by atoms with Gasteiger partial charge in [-0.15, -0.1) is 5.10 Å². The van der Waals surface area contributed by atoms with Crippen molar-refractivity contribution in [3.05, 3.63) is 11.9 Å². The molecule has 1 rings (SSSR count). The molecule has 0 fully saturated rings. The van der Waals surface area contributed by atoms with Crippen molar-refractivity contribution in [2.45, 2.75) is 61.1 Å². The Balaban J connectivity index is 2.01. The quantitative estimate of drug-likeness (QED) is 0.409. The predicted octanol–water partition coefficient (Wildman–Crippen LogP) is 2.90. The molecule has 8 heteroatoms. The van der Waals surface area contributed by atoms with Crippen LogP contribution in [0, 0.1) is 10.8 Å². The van der Waals surface area contributed by atoms with Crippen molar-refractivity contribution in [2.24, 2.45) is 10.8 Å². The number of hydrogen-bond donors (Lipinski definition) is 0. The third-order valence-electron chi connectivity index (χ3n) is 4.11. The highest BCUT2D eigenvalue weighted by atomic mass is 16.5. The van der Waals surface area contributed by atoms with E-state index < -0.39 is 0 Å². The SMILES string of the molecule is CC(C)(C)CCOCCOCc1cn(CCOCCOCC(=O)C(C)(C)C)nn1. The molecule has 0 aliphatic rings. The van der Waals surface area contributed by atoms with Gasteiger partial charge in [0.1, 0.15) is 12.3 Å². The van der Waals surface area contributed by atoms with E-state index in [4.69, 9.17) is 18.9 Å². The number of ether oxygens (including phenoxy) is 4. The highest BCUT2D eigenvalue weighted by Gasteiger charge is 2.20. The maximum atomic E-state index is 11.7. The Morgan fingerprint density at radius 3 is 2.17 bits per heavy atom. The highest BCUT2D eigenvalue weighted by Crippen LogP contribution is 2.17. The molecule has 0 aromatic carbocycles. The standard InChI is InChI=1S/C21H39N3O5/c1-20(2,3)7-9-26-11-13-28-16-18-15-24(23-22-18)8-10-27-12-14-29-17-19(25)21(4,5)6/h15H,7-14,16-17H2,1-6H3. The predicted molar refractivity (Wildman–Crippen MR) is 111 cm³/mol. The summed E-state index contributed by atoms with van der Waals surface area (Å²) in [5.41, 5.74) is 0.708. The minimum Gasteiger partial charge on any atom is -0.379 e. The van der Waals surface area contributed by atoms with E-state index in [-0.39, 0.29) is 17.8 Å². The number of rotatable bonds is 15. The molecule has 0 bridgehead atoms. The fraction of sp³-hybridized carbons (Fsp3) is 0.857. The summed E-state index contributed by atoms with van der Waals surface area (Å²) >= 11 is 0. The summed E-state index contributed by atoms with van der Waals surface area (Å²) in [6.45, 7) is 16.6. The van der Waals surface area contributed by atoms with Crippen molar-refractivity contribution >= 4 is 5.78 Å². The molecule has 0 saturated heterocycles. The van der Waals surface area contributed by atoms with Crippen LogP contribution in [-0.2, 0) is 36.9 Å². The van der Waals surface area contributed by atoms with E-state index in [2.05, 4.69) is 31.1 Å². The summed E-state index contributed by atoms with van der Waals surface area (Å²) in [6.07, 6.45) is 2.88. The van der Waals surface area contributed by atoms with Crippen LogP contribution in [0.1, 0.15) is 53.7 Å². The van der Waals surface area contributed by atoms with E-state index in [0.29, 0.717) is 51.6 Å². The van der Waals surface area contributed by atoms with E-state index in [1.165, 1.54) is 0 Å². The van der Waals surface area contributed by atoms with Gasteiger partial charge in [0.25, 0.3) is 0 Å². The van der Waals surface area contributed by atoms with Crippen molar-refractivity contribution in [2.75, 3.05) is 46.2 Å². The number of Topliss-reactive ketones (excluding diaryl/α,β-unsaturated/α-hetero) is 1. The Hall–Kier alpha value is -1.35. The second-order valence-corrected chi connectivity index (χ2v) is 9.29. The molecule has 168 valence electrons. The molecule has 8 nitrogen and oxygen atoms in total. The lowest BCUT2D eigenvalue weighted by Crippen LogP contribution is -2.25. The van der Waals surface area contributed by atoms with Crippen LogP contribution in [-0.4, -0.2) is 67.0 Å². The van der Waals surface area contributed by atoms with Crippen molar-refractivity contribution in [3.8, 4) is 0 Å². The smallest absolute Gasteiger partial charge is 0.163 e. The van der Waals surface area contributed by atoms with Gasteiger partial charge in [-0.25, -0.2) is 4.68 Å². The topological polar surface area (TPSA) is 84.7 Å². The first-order chi connectivity index (χ1) is 13.6. The van der Waals surface area contributed by atoms with E-state index in [9.17, 15) is 4.79 Å². The number of aromatic nitrogens is 3. The number of carbonyl (C=O) groups is 1. The first-order valence-corrected chi connectivity index (χ1v) is 10.3. The normalized spacial score (nSPS) is 12.5. The van der Waals surface area contributed by atoms with Crippen LogP contribution >= 0.6 is 0 Å². The van der Waals surface area contributed by atoms with Crippen molar-refractivity contribution < 1.29 is 23.7 Å². The summed E-state index contributed by atoms with van der Waals surface area (Å²) in [5.74, 6) is 0.0892. The fourth-order valence-corrected chi connectivity index (χ4v) is 2.05. The molecule has 0 radical (unpaired) electrons. The summed E-state index contributed by atoms with van der Waals surface area (Å²) in [5, 5.41) is 8.14. The largest absolute Gasteiger partial charge is 0.379 e. The Bertz CT molecular complexity index is 576. The molecular weight excluding hydrogens is 374 g/mol. The summed E-state index contributed by atoms with van der Waals surface area (Å²) in [6, 6.07) is 0. The Morgan fingerprint density at radius 2 is 1.52 bits per heavy atom. The van der Waals surface area contributed by atoms with E-state index >= 15 is 0 Å². The van der Waals surface area contributed by atoms with E-state index in [0.717, 1.165) is 18.7 Å². The van der Waals surface area contributed by atoms with Gasteiger partial charge >= 0.3 is 0 Å². The van der Waals surface area contributed by atoms with Gasteiger partial charge in [-0.3, -0.25) is 4.79 Å². The molecule has 0 N–H and O–H groups in total. The van der Waals surface area contributed by atoms with Crippen molar-refractivity contribution in [1.82, 2.24) is 15.0 Å². The Kier molecular flexibility index (Phi) is 11.6. The van der Waals surface area contributed by atoms with Crippen LogP contribution in [0.5, 0.6) is 0 Å². The van der Waals surface area contributed by atoms with Gasteiger partial charge in [-0.2, -0.15) is 0 Å². The van der Waals surface area contributed by atoms with Crippen molar-refractivity contribution in [3.63, 3.8) is 0 Å². The van der Waals surface area contributed by atoms with Crippen LogP contribution in [0.4, 0.5) is 0 Å². The third-order valence-corrected chi connectivity index (χ3v) is 4.11. The van der Waals surface area contributed by atoms with Crippen LogP contribution in [0.25, 0.3) is 0 Å². The van der Waals surface area contributed by atoms with E-state index in [1.807, 2.05) is 27.0 Å². The zero-order valence-corrected chi connectivity index (χ0v) is 19.0. The average molecular weight is 414 g/mol. The molecule has 0 atom stereocenters. The minimum atomic E-state index is -0.366. The lowest BCUT2D eigenvalue weighted by molar-refractivity contribution is -0.131. The lowest BCUT2D eigenvalue weighted by Gasteiger charge is -2.17. The molecule has 0 amide bonds. The van der Waals surface area contributed by atoms with Gasteiger partial charge < -0.3 is 18.9 Å². The number of hydrogen-bond acceptors (Lipinski definition) is 7. The van der Waals surface area contributed by atoms with Gasteiger partial charge in [-0.1, -0.05) is 46.8 Å². The van der Waals surface area contributed by atoms with Gasteiger partial charge in [0.05, 0.1) is 52.4 Å². The third kappa shape index (κ3) is 13.5. The van der Waals surface area contributed by atoms with Gasteiger partial charge in [0, 0.05) is 12.0 Å². The molecule has 0 saturated carbocycles. The highest BCUT2D eigenvalue weighted by molar-refractivity contribution is 5.84. The van der Waals surface area contributed by atoms with Gasteiger partial charge in [-0.05, 0) is 11.8 Å². The summed E-state index contributed by atoms with van der Waals surface area (Å²) < 4.78 is 23.7. The average Bonchev–Trinajstić information content (AvgIpc) is 3.05.